The van der Waals surface area contributed by atoms with Gasteiger partial charge in [0.25, 0.3) is 5.91 Å². The first-order valence-electron chi connectivity index (χ1n) is 8.56. The van der Waals surface area contributed by atoms with Crippen LogP contribution in [0.2, 0.25) is 0 Å². The van der Waals surface area contributed by atoms with Crippen molar-refractivity contribution in [2.45, 2.75) is 25.9 Å². The molecule has 10 heteroatoms. The summed E-state index contributed by atoms with van der Waals surface area (Å²) < 4.78 is 4.84. The number of carbonyl (C=O) groups is 4. The molecule has 9 nitrogen and oxygen atoms in total. The lowest BCUT2D eigenvalue weighted by molar-refractivity contribution is -0.130. The SMILES string of the molecule is CCOC(=O)c1csc(NC(=O)CC2NC(=O)N(Cc3ccccc3)C2=O)n1. The van der Waals surface area contributed by atoms with E-state index in [1.807, 2.05) is 30.3 Å². The van der Waals surface area contributed by atoms with E-state index in [4.69, 9.17) is 4.74 Å². The number of hydrogen-bond donors (Lipinski definition) is 2. The van der Waals surface area contributed by atoms with Gasteiger partial charge in [0.1, 0.15) is 6.04 Å². The zero-order valence-electron chi connectivity index (χ0n) is 15.0. The molecule has 1 atom stereocenters. The molecule has 1 aliphatic rings. The number of nitrogens with zero attached hydrogens (tertiary/aromatic N) is 2. The molecule has 0 aliphatic carbocycles. The number of rotatable bonds is 7. The van der Waals surface area contributed by atoms with E-state index < -0.39 is 29.9 Å². The van der Waals surface area contributed by atoms with Gasteiger partial charge >= 0.3 is 12.0 Å². The van der Waals surface area contributed by atoms with E-state index in [1.165, 1.54) is 5.38 Å². The Morgan fingerprint density at radius 3 is 2.75 bits per heavy atom. The molecule has 4 amide bonds. The number of nitrogens with one attached hydrogen (secondary N) is 2. The van der Waals surface area contributed by atoms with Crippen molar-refractivity contribution < 1.29 is 23.9 Å². The van der Waals surface area contributed by atoms with E-state index in [-0.39, 0.29) is 30.4 Å². The molecule has 1 aromatic heterocycles. The number of urea groups is 1. The second-order valence-corrected chi connectivity index (χ2v) is 6.78. The van der Waals surface area contributed by atoms with Gasteiger partial charge in [0, 0.05) is 5.38 Å². The number of hydrogen-bond acceptors (Lipinski definition) is 7. The lowest BCUT2D eigenvalue weighted by Crippen LogP contribution is -2.34. The first-order chi connectivity index (χ1) is 13.5. The number of esters is 1. The van der Waals surface area contributed by atoms with Crippen LogP contribution in [0.3, 0.4) is 0 Å². The highest BCUT2D eigenvalue weighted by molar-refractivity contribution is 7.14. The van der Waals surface area contributed by atoms with Crippen LogP contribution in [0.15, 0.2) is 35.7 Å². The number of imide groups is 1. The summed E-state index contributed by atoms with van der Waals surface area (Å²) in [6, 6.07) is 7.61. The highest BCUT2D eigenvalue weighted by atomic mass is 32.1. The van der Waals surface area contributed by atoms with Gasteiger partial charge in [-0.3, -0.25) is 14.5 Å². The molecule has 28 heavy (non-hydrogen) atoms. The summed E-state index contributed by atoms with van der Waals surface area (Å²) >= 11 is 1.07. The standard InChI is InChI=1S/C18H18N4O5S/c1-2-27-16(25)13-10-28-17(19-13)21-14(23)8-12-15(24)22(18(26)20-12)9-11-6-4-3-5-7-11/h3-7,10,12H,2,8-9H2,1H3,(H,20,26)(H,19,21,23). The second kappa shape index (κ2) is 8.61. The van der Waals surface area contributed by atoms with Gasteiger partial charge in [-0.15, -0.1) is 11.3 Å². The van der Waals surface area contributed by atoms with Crippen molar-refractivity contribution in [2.24, 2.45) is 0 Å². The molecular formula is C18H18N4O5S. The van der Waals surface area contributed by atoms with E-state index in [1.54, 1.807) is 6.92 Å². The Morgan fingerprint density at radius 2 is 2.04 bits per heavy atom. The number of anilines is 1. The summed E-state index contributed by atoms with van der Waals surface area (Å²) in [5, 5.41) is 6.72. The van der Waals surface area contributed by atoms with Crippen LogP contribution in [0, 0.1) is 0 Å². The highest BCUT2D eigenvalue weighted by Crippen LogP contribution is 2.18. The maximum absolute atomic E-state index is 12.5. The third-order valence-electron chi connectivity index (χ3n) is 3.92. The fourth-order valence-corrected chi connectivity index (χ4v) is 3.31. The van der Waals surface area contributed by atoms with Gasteiger partial charge < -0.3 is 15.4 Å². The minimum Gasteiger partial charge on any atom is -0.461 e. The van der Waals surface area contributed by atoms with Crippen molar-refractivity contribution in [1.29, 1.82) is 0 Å². The lowest BCUT2D eigenvalue weighted by atomic mass is 10.2. The van der Waals surface area contributed by atoms with Crippen molar-refractivity contribution in [3.05, 3.63) is 47.0 Å². The number of amides is 4. The van der Waals surface area contributed by atoms with Crippen LogP contribution in [-0.2, 0) is 20.9 Å². The quantitative estimate of drug-likeness (QED) is 0.538. The van der Waals surface area contributed by atoms with Crippen LogP contribution in [0.25, 0.3) is 0 Å². The van der Waals surface area contributed by atoms with Crippen molar-refractivity contribution in [3.63, 3.8) is 0 Å². The van der Waals surface area contributed by atoms with Gasteiger partial charge in [0.2, 0.25) is 5.91 Å². The third kappa shape index (κ3) is 4.52. The molecule has 1 fully saturated rings. The predicted octanol–water partition coefficient (Wildman–Crippen LogP) is 1.77. The maximum Gasteiger partial charge on any atom is 0.357 e. The summed E-state index contributed by atoms with van der Waals surface area (Å²) in [6.45, 7) is 2.04. The maximum atomic E-state index is 12.5. The van der Waals surface area contributed by atoms with Gasteiger partial charge in [0.15, 0.2) is 10.8 Å². The summed E-state index contributed by atoms with van der Waals surface area (Å²) in [5.74, 6) is -1.53. The molecule has 0 radical (unpaired) electrons. The molecule has 0 spiro atoms. The Labute approximate surface area is 164 Å². The van der Waals surface area contributed by atoms with Gasteiger partial charge in [-0.05, 0) is 12.5 Å². The summed E-state index contributed by atoms with van der Waals surface area (Å²) in [5.41, 5.74) is 0.909. The first-order valence-corrected chi connectivity index (χ1v) is 9.44. The van der Waals surface area contributed by atoms with Crippen molar-refractivity contribution in [2.75, 3.05) is 11.9 Å². The Bertz CT molecular complexity index is 898. The van der Waals surface area contributed by atoms with Crippen molar-refractivity contribution in [3.8, 4) is 0 Å². The van der Waals surface area contributed by atoms with Crippen LogP contribution in [0.4, 0.5) is 9.93 Å². The molecule has 3 rings (SSSR count). The topological polar surface area (TPSA) is 118 Å². The molecule has 146 valence electrons. The third-order valence-corrected chi connectivity index (χ3v) is 4.67. The van der Waals surface area contributed by atoms with E-state index in [2.05, 4.69) is 15.6 Å². The molecule has 1 unspecified atom stereocenters. The van der Waals surface area contributed by atoms with Crippen LogP contribution in [-0.4, -0.2) is 46.3 Å². The van der Waals surface area contributed by atoms with Crippen LogP contribution in [0.5, 0.6) is 0 Å². The Hall–Kier alpha value is -3.27. The minimum absolute atomic E-state index is 0.0985. The van der Waals surface area contributed by atoms with Crippen LogP contribution in [0.1, 0.15) is 29.4 Å². The van der Waals surface area contributed by atoms with E-state index in [9.17, 15) is 19.2 Å². The number of benzene rings is 1. The molecule has 2 heterocycles. The summed E-state index contributed by atoms with van der Waals surface area (Å²) in [4.78, 5) is 53.4. The van der Waals surface area contributed by atoms with Crippen molar-refractivity contribution in [1.82, 2.24) is 15.2 Å². The molecule has 2 aromatic rings. The molecule has 2 N–H and O–H groups in total. The van der Waals surface area contributed by atoms with Gasteiger partial charge in [-0.1, -0.05) is 30.3 Å². The van der Waals surface area contributed by atoms with E-state index >= 15 is 0 Å². The zero-order valence-corrected chi connectivity index (χ0v) is 15.8. The van der Waals surface area contributed by atoms with E-state index in [0.717, 1.165) is 21.8 Å². The Balaban J connectivity index is 1.56. The number of ether oxygens (including phenoxy) is 1. The smallest absolute Gasteiger partial charge is 0.357 e. The molecule has 0 bridgehead atoms. The average Bonchev–Trinajstić information content (AvgIpc) is 3.23. The lowest BCUT2D eigenvalue weighted by Gasteiger charge is -2.12. The zero-order chi connectivity index (χ0) is 20.1. The number of carbonyl (C=O) groups excluding carboxylic acids is 4. The van der Waals surface area contributed by atoms with Gasteiger partial charge in [-0.2, -0.15) is 0 Å². The Kier molecular flexibility index (Phi) is 5.99. The van der Waals surface area contributed by atoms with Gasteiger partial charge in [-0.25, -0.2) is 14.6 Å². The number of thiazole rings is 1. The molecular weight excluding hydrogens is 384 g/mol. The van der Waals surface area contributed by atoms with Crippen LogP contribution < -0.4 is 10.6 Å². The largest absolute Gasteiger partial charge is 0.461 e. The second-order valence-electron chi connectivity index (χ2n) is 5.92. The minimum atomic E-state index is -0.944. The average molecular weight is 402 g/mol. The van der Waals surface area contributed by atoms with Crippen molar-refractivity contribution >= 4 is 40.3 Å². The number of aromatic nitrogens is 1. The monoisotopic (exact) mass is 402 g/mol. The van der Waals surface area contributed by atoms with Crippen LogP contribution >= 0.6 is 11.3 Å². The highest BCUT2D eigenvalue weighted by Gasteiger charge is 2.39. The van der Waals surface area contributed by atoms with E-state index in [0.29, 0.717) is 0 Å². The molecule has 1 aromatic carbocycles. The Morgan fingerprint density at radius 1 is 1.29 bits per heavy atom. The van der Waals surface area contributed by atoms with Gasteiger partial charge in [0.05, 0.1) is 19.6 Å². The molecule has 1 saturated heterocycles. The summed E-state index contributed by atoms with van der Waals surface area (Å²) in [6.07, 6.45) is -0.232. The predicted molar refractivity (Wildman–Crippen MR) is 101 cm³/mol. The molecule has 0 saturated carbocycles. The fourth-order valence-electron chi connectivity index (χ4n) is 2.62. The fraction of sp³-hybridized carbons (Fsp3) is 0.278. The molecule has 1 aliphatic heterocycles. The first kappa shape index (κ1) is 19.5. The summed E-state index contributed by atoms with van der Waals surface area (Å²) in [7, 11) is 0. The normalized spacial score (nSPS) is 16.0.